The summed E-state index contributed by atoms with van der Waals surface area (Å²) < 4.78 is 0. The molecule has 0 radical (unpaired) electrons. The predicted octanol–water partition coefficient (Wildman–Crippen LogP) is 3.04. The van der Waals surface area contributed by atoms with Crippen LogP contribution in [-0.4, -0.2) is 35.2 Å². The lowest BCUT2D eigenvalue weighted by atomic mass is 9.67. The smallest absolute Gasteiger partial charge is 0.0672 e. The molecule has 1 aliphatic carbocycles. The van der Waals surface area contributed by atoms with Crippen molar-refractivity contribution in [3.05, 3.63) is 0 Å². The van der Waals surface area contributed by atoms with Crippen LogP contribution in [0.5, 0.6) is 0 Å². The van der Waals surface area contributed by atoms with Crippen molar-refractivity contribution in [2.45, 2.75) is 66.0 Å². The lowest BCUT2D eigenvalue weighted by Crippen LogP contribution is -2.49. The van der Waals surface area contributed by atoms with E-state index < -0.39 is 0 Å². The normalized spacial score (nSPS) is 28.7. The van der Waals surface area contributed by atoms with Gasteiger partial charge in [0.2, 0.25) is 0 Å². The van der Waals surface area contributed by atoms with Crippen LogP contribution in [0.1, 0.15) is 53.9 Å². The van der Waals surface area contributed by atoms with E-state index in [-0.39, 0.29) is 12.5 Å². The molecule has 0 bridgehead atoms. The van der Waals surface area contributed by atoms with E-state index in [9.17, 15) is 10.4 Å². The number of hydrogen-bond acceptors (Lipinski definition) is 3. The molecule has 0 aromatic rings. The van der Waals surface area contributed by atoms with E-state index in [1.807, 2.05) is 0 Å². The summed E-state index contributed by atoms with van der Waals surface area (Å²) in [6, 6.07) is 3.18. The Kier molecular flexibility index (Phi) is 5.82. The van der Waals surface area contributed by atoms with Crippen molar-refractivity contribution in [3.63, 3.8) is 0 Å². The van der Waals surface area contributed by atoms with Gasteiger partial charge in [-0.05, 0) is 44.4 Å². The van der Waals surface area contributed by atoms with Gasteiger partial charge in [-0.2, -0.15) is 5.26 Å². The van der Waals surface area contributed by atoms with Gasteiger partial charge in [-0.1, -0.05) is 20.8 Å². The molecule has 0 amide bonds. The van der Waals surface area contributed by atoms with Crippen LogP contribution in [-0.2, 0) is 0 Å². The Hall–Kier alpha value is -0.590. The predicted molar refractivity (Wildman–Crippen MR) is 78.6 cm³/mol. The van der Waals surface area contributed by atoms with E-state index in [2.05, 4.69) is 45.6 Å². The van der Waals surface area contributed by atoms with Crippen molar-refractivity contribution in [1.29, 1.82) is 5.26 Å². The van der Waals surface area contributed by atoms with Crippen molar-refractivity contribution >= 4 is 0 Å². The third-order valence-corrected chi connectivity index (χ3v) is 4.65. The van der Waals surface area contributed by atoms with Crippen LogP contribution in [0.25, 0.3) is 0 Å². The maximum absolute atomic E-state index is 9.41. The van der Waals surface area contributed by atoms with E-state index in [1.54, 1.807) is 0 Å². The summed E-state index contributed by atoms with van der Waals surface area (Å²) in [5.41, 5.74) is 0.306. The maximum atomic E-state index is 9.41. The van der Waals surface area contributed by atoms with Crippen molar-refractivity contribution in [2.75, 3.05) is 13.2 Å². The second-order valence-electron chi connectivity index (χ2n) is 7.23. The fourth-order valence-corrected chi connectivity index (χ4v) is 3.37. The fourth-order valence-electron chi connectivity index (χ4n) is 3.37. The summed E-state index contributed by atoms with van der Waals surface area (Å²) in [6.07, 6.45) is 3.24. The standard InChI is InChI=1S/C16H30N2O/c1-12(2)18(8-9-19)15-10-14(16(3,4)5)7-6-13(15)11-17/h12-15,19H,6-10H2,1-5H3. The molecule has 1 saturated carbocycles. The third-order valence-electron chi connectivity index (χ3n) is 4.65. The quantitative estimate of drug-likeness (QED) is 0.850. The maximum Gasteiger partial charge on any atom is 0.0672 e. The van der Waals surface area contributed by atoms with Gasteiger partial charge in [0, 0.05) is 18.6 Å². The molecular formula is C16H30N2O. The first-order valence-electron chi connectivity index (χ1n) is 7.57. The number of aliphatic hydroxyl groups is 1. The fraction of sp³-hybridized carbons (Fsp3) is 0.938. The van der Waals surface area contributed by atoms with Gasteiger partial charge >= 0.3 is 0 Å². The first-order chi connectivity index (χ1) is 8.81. The first kappa shape index (κ1) is 16.5. The number of rotatable bonds is 4. The van der Waals surface area contributed by atoms with E-state index in [0.717, 1.165) is 19.3 Å². The Bertz CT molecular complexity index is 314. The second kappa shape index (κ2) is 6.72. The summed E-state index contributed by atoms with van der Waals surface area (Å²) >= 11 is 0. The van der Waals surface area contributed by atoms with Crippen LogP contribution in [0, 0.1) is 28.6 Å². The van der Waals surface area contributed by atoms with Gasteiger partial charge in [0.1, 0.15) is 0 Å². The Morgan fingerprint density at radius 1 is 1.32 bits per heavy atom. The summed E-state index contributed by atoms with van der Waals surface area (Å²) in [6.45, 7) is 12.1. The molecule has 3 nitrogen and oxygen atoms in total. The minimum atomic E-state index is 0.118. The van der Waals surface area contributed by atoms with Crippen molar-refractivity contribution in [3.8, 4) is 6.07 Å². The molecule has 3 unspecified atom stereocenters. The molecule has 0 saturated heterocycles. The average molecular weight is 266 g/mol. The van der Waals surface area contributed by atoms with Crippen LogP contribution >= 0.6 is 0 Å². The number of nitrogens with zero attached hydrogens (tertiary/aromatic N) is 2. The van der Waals surface area contributed by atoms with Gasteiger partial charge in [0.05, 0.1) is 18.6 Å². The van der Waals surface area contributed by atoms with E-state index in [1.165, 1.54) is 0 Å². The molecule has 0 aromatic carbocycles. The zero-order chi connectivity index (χ0) is 14.6. The highest BCUT2D eigenvalue weighted by Crippen LogP contribution is 2.41. The van der Waals surface area contributed by atoms with Gasteiger partial charge in [-0.15, -0.1) is 0 Å². The molecule has 0 aliphatic heterocycles. The third kappa shape index (κ3) is 4.19. The van der Waals surface area contributed by atoms with E-state index in [4.69, 9.17) is 0 Å². The molecule has 19 heavy (non-hydrogen) atoms. The SMILES string of the molecule is CC(C)N(CCO)C1CC(C(C)(C)C)CCC1C#N. The summed E-state index contributed by atoms with van der Waals surface area (Å²) in [5.74, 6) is 0.787. The zero-order valence-corrected chi connectivity index (χ0v) is 13.2. The van der Waals surface area contributed by atoms with Crippen LogP contribution in [0.4, 0.5) is 0 Å². The van der Waals surface area contributed by atoms with E-state index in [0.29, 0.717) is 30.0 Å². The molecule has 3 heteroatoms. The Labute approximate surface area is 118 Å². The molecule has 1 fully saturated rings. The molecule has 1 aliphatic rings. The van der Waals surface area contributed by atoms with E-state index >= 15 is 0 Å². The number of aliphatic hydroxyl groups excluding tert-OH is 1. The summed E-state index contributed by atoms with van der Waals surface area (Å²) in [4.78, 5) is 2.33. The highest BCUT2D eigenvalue weighted by molar-refractivity contribution is 5.00. The lowest BCUT2D eigenvalue weighted by molar-refractivity contribution is 0.0319. The second-order valence-corrected chi connectivity index (χ2v) is 7.23. The first-order valence-corrected chi connectivity index (χ1v) is 7.57. The molecule has 110 valence electrons. The summed E-state index contributed by atoms with van der Waals surface area (Å²) in [7, 11) is 0. The van der Waals surface area contributed by atoms with Crippen molar-refractivity contribution in [1.82, 2.24) is 4.90 Å². The van der Waals surface area contributed by atoms with Crippen molar-refractivity contribution < 1.29 is 5.11 Å². The van der Waals surface area contributed by atoms with Gasteiger partial charge in [-0.3, -0.25) is 4.90 Å². The Balaban J connectivity index is 2.88. The monoisotopic (exact) mass is 266 g/mol. The highest BCUT2D eigenvalue weighted by atomic mass is 16.3. The molecule has 0 spiro atoms. The topological polar surface area (TPSA) is 47.3 Å². The van der Waals surface area contributed by atoms with Crippen LogP contribution in [0.3, 0.4) is 0 Å². The number of hydrogen-bond donors (Lipinski definition) is 1. The van der Waals surface area contributed by atoms with Crippen LogP contribution in [0.2, 0.25) is 0 Å². The molecule has 1 N–H and O–H groups in total. The molecule has 1 rings (SSSR count). The minimum absolute atomic E-state index is 0.118. The average Bonchev–Trinajstić information content (AvgIpc) is 2.33. The van der Waals surface area contributed by atoms with Crippen molar-refractivity contribution in [2.24, 2.45) is 17.3 Å². The molecule has 3 atom stereocenters. The van der Waals surface area contributed by atoms with Crippen LogP contribution < -0.4 is 0 Å². The van der Waals surface area contributed by atoms with Gasteiger partial charge in [0.15, 0.2) is 0 Å². The van der Waals surface area contributed by atoms with Gasteiger partial charge in [0.25, 0.3) is 0 Å². The van der Waals surface area contributed by atoms with Crippen LogP contribution in [0.15, 0.2) is 0 Å². The molecular weight excluding hydrogens is 236 g/mol. The summed E-state index contributed by atoms with van der Waals surface area (Å²) in [5, 5.41) is 18.7. The molecule has 0 aromatic heterocycles. The number of nitriles is 1. The Morgan fingerprint density at radius 3 is 2.37 bits per heavy atom. The van der Waals surface area contributed by atoms with Gasteiger partial charge in [-0.25, -0.2) is 0 Å². The minimum Gasteiger partial charge on any atom is -0.395 e. The molecule has 0 heterocycles. The van der Waals surface area contributed by atoms with Gasteiger partial charge < -0.3 is 5.11 Å². The highest BCUT2D eigenvalue weighted by Gasteiger charge is 2.39. The largest absolute Gasteiger partial charge is 0.395 e. The zero-order valence-electron chi connectivity index (χ0n) is 13.2. The lowest BCUT2D eigenvalue weighted by Gasteiger charge is -2.45. The Morgan fingerprint density at radius 2 is 1.95 bits per heavy atom.